The monoisotopic (exact) mass is 320 g/mol. The second-order valence-electron chi connectivity index (χ2n) is 4.87. The van der Waals surface area contributed by atoms with Gasteiger partial charge in [-0.05, 0) is 25.1 Å². The Morgan fingerprint density at radius 2 is 2.09 bits per heavy atom. The molecule has 0 atom stereocenters. The highest BCUT2D eigenvalue weighted by Gasteiger charge is 2.16. The number of ether oxygens (including phenoxy) is 3. The van der Waals surface area contributed by atoms with Crippen LogP contribution in [0.1, 0.15) is 6.92 Å². The lowest BCUT2D eigenvalue weighted by Gasteiger charge is -2.19. The van der Waals surface area contributed by atoms with E-state index in [4.69, 9.17) is 14.2 Å². The highest BCUT2D eigenvalue weighted by molar-refractivity contribution is 7.99. The standard InChI is InChI=1S/C16H20N2O3S/c1-3-18-13(11-17-16(18)22-9-8-19-2)12-4-5-14-15(10-12)21-7-6-20-14/h4-5,10-11H,3,6-9H2,1-2H3. The van der Waals surface area contributed by atoms with Crippen LogP contribution in [0.4, 0.5) is 0 Å². The Kier molecular flexibility index (Phi) is 4.90. The van der Waals surface area contributed by atoms with Crippen LogP contribution in [0.5, 0.6) is 11.5 Å². The Labute approximate surface area is 134 Å². The average molecular weight is 320 g/mol. The van der Waals surface area contributed by atoms with Gasteiger partial charge in [0.15, 0.2) is 16.7 Å². The minimum Gasteiger partial charge on any atom is -0.486 e. The van der Waals surface area contributed by atoms with Crippen molar-refractivity contribution >= 4 is 11.8 Å². The molecule has 0 spiro atoms. The van der Waals surface area contributed by atoms with Crippen molar-refractivity contribution in [2.75, 3.05) is 32.7 Å². The fourth-order valence-electron chi connectivity index (χ4n) is 2.43. The van der Waals surface area contributed by atoms with Crippen molar-refractivity contribution < 1.29 is 14.2 Å². The lowest BCUT2D eigenvalue weighted by Crippen LogP contribution is -2.15. The van der Waals surface area contributed by atoms with Crippen molar-refractivity contribution in [2.24, 2.45) is 0 Å². The highest BCUT2D eigenvalue weighted by Crippen LogP contribution is 2.35. The molecule has 118 valence electrons. The number of methoxy groups -OCH3 is 1. The average Bonchev–Trinajstić information content (AvgIpc) is 2.97. The third kappa shape index (κ3) is 3.08. The lowest BCUT2D eigenvalue weighted by molar-refractivity contribution is 0.171. The van der Waals surface area contributed by atoms with E-state index in [1.807, 2.05) is 18.3 Å². The van der Waals surface area contributed by atoms with Gasteiger partial charge in [0.1, 0.15) is 13.2 Å². The van der Waals surface area contributed by atoms with Crippen molar-refractivity contribution in [3.63, 3.8) is 0 Å². The van der Waals surface area contributed by atoms with Crippen LogP contribution in [0.2, 0.25) is 0 Å². The highest BCUT2D eigenvalue weighted by atomic mass is 32.2. The first kappa shape index (κ1) is 15.2. The summed E-state index contributed by atoms with van der Waals surface area (Å²) in [6, 6.07) is 6.05. The molecule has 0 aliphatic carbocycles. The summed E-state index contributed by atoms with van der Waals surface area (Å²) in [6.45, 7) is 4.93. The second kappa shape index (κ2) is 7.07. The molecule has 0 amide bonds. The van der Waals surface area contributed by atoms with E-state index in [0.717, 1.165) is 46.8 Å². The predicted molar refractivity (Wildman–Crippen MR) is 86.9 cm³/mol. The van der Waals surface area contributed by atoms with Crippen LogP contribution in [0.15, 0.2) is 29.6 Å². The fraction of sp³-hybridized carbons (Fsp3) is 0.438. The third-order valence-electron chi connectivity index (χ3n) is 3.49. The Balaban J connectivity index is 1.88. The molecule has 0 N–H and O–H groups in total. The topological polar surface area (TPSA) is 45.5 Å². The molecule has 3 rings (SSSR count). The third-order valence-corrected chi connectivity index (χ3v) is 4.45. The molecule has 0 bridgehead atoms. The Morgan fingerprint density at radius 1 is 1.27 bits per heavy atom. The number of fused-ring (bicyclic) bond motifs is 1. The maximum atomic E-state index is 5.67. The SMILES string of the molecule is CCn1c(-c2ccc3c(c2)OCCO3)cnc1SCCOC. The fourth-order valence-corrected chi connectivity index (χ4v) is 3.37. The van der Waals surface area contributed by atoms with E-state index in [2.05, 4.69) is 22.5 Å². The Bertz CT molecular complexity index is 642. The lowest BCUT2D eigenvalue weighted by atomic mass is 10.1. The van der Waals surface area contributed by atoms with Gasteiger partial charge in [0.05, 0.1) is 18.5 Å². The van der Waals surface area contributed by atoms with Crippen LogP contribution in [-0.4, -0.2) is 42.2 Å². The zero-order chi connectivity index (χ0) is 15.4. The van der Waals surface area contributed by atoms with Gasteiger partial charge in [-0.15, -0.1) is 0 Å². The first-order valence-electron chi connectivity index (χ1n) is 7.40. The van der Waals surface area contributed by atoms with E-state index in [1.165, 1.54) is 0 Å². The largest absolute Gasteiger partial charge is 0.486 e. The number of hydrogen-bond donors (Lipinski definition) is 0. The molecular weight excluding hydrogens is 300 g/mol. The number of nitrogens with zero attached hydrogens (tertiary/aromatic N) is 2. The van der Waals surface area contributed by atoms with E-state index in [-0.39, 0.29) is 0 Å². The van der Waals surface area contributed by atoms with Crippen LogP contribution in [0, 0.1) is 0 Å². The molecule has 1 aliphatic heterocycles. The molecular formula is C16H20N2O3S. The summed E-state index contributed by atoms with van der Waals surface area (Å²) in [6.07, 6.45) is 1.92. The number of hydrogen-bond acceptors (Lipinski definition) is 5. The molecule has 5 nitrogen and oxygen atoms in total. The number of aromatic nitrogens is 2. The van der Waals surface area contributed by atoms with Gasteiger partial charge in [0.25, 0.3) is 0 Å². The Morgan fingerprint density at radius 3 is 2.86 bits per heavy atom. The van der Waals surface area contributed by atoms with E-state index in [1.54, 1.807) is 18.9 Å². The zero-order valence-electron chi connectivity index (χ0n) is 12.9. The summed E-state index contributed by atoms with van der Waals surface area (Å²) in [7, 11) is 1.72. The van der Waals surface area contributed by atoms with Gasteiger partial charge >= 0.3 is 0 Å². The van der Waals surface area contributed by atoms with Gasteiger partial charge in [0.2, 0.25) is 0 Å². The van der Waals surface area contributed by atoms with Crippen molar-refractivity contribution in [3.8, 4) is 22.8 Å². The van der Waals surface area contributed by atoms with Crippen molar-refractivity contribution in [3.05, 3.63) is 24.4 Å². The van der Waals surface area contributed by atoms with Crippen LogP contribution in [0.3, 0.4) is 0 Å². The molecule has 0 radical (unpaired) electrons. The second-order valence-corrected chi connectivity index (χ2v) is 5.93. The summed E-state index contributed by atoms with van der Waals surface area (Å²) < 4.78 is 18.6. The summed E-state index contributed by atoms with van der Waals surface area (Å²) >= 11 is 1.71. The van der Waals surface area contributed by atoms with Gasteiger partial charge in [0, 0.05) is 25.0 Å². The number of rotatable bonds is 6. The van der Waals surface area contributed by atoms with Crippen LogP contribution in [0.25, 0.3) is 11.3 Å². The van der Waals surface area contributed by atoms with E-state index in [0.29, 0.717) is 13.2 Å². The van der Waals surface area contributed by atoms with Crippen molar-refractivity contribution in [1.82, 2.24) is 9.55 Å². The molecule has 1 aromatic heterocycles. The molecule has 2 aromatic rings. The molecule has 2 heterocycles. The molecule has 0 fully saturated rings. The molecule has 0 saturated heterocycles. The normalized spacial score (nSPS) is 13.4. The van der Waals surface area contributed by atoms with E-state index < -0.39 is 0 Å². The minimum atomic E-state index is 0.599. The van der Waals surface area contributed by atoms with E-state index in [9.17, 15) is 0 Å². The molecule has 1 aromatic carbocycles. The van der Waals surface area contributed by atoms with Crippen LogP contribution in [-0.2, 0) is 11.3 Å². The summed E-state index contributed by atoms with van der Waals surface area (Å²) in [5.41, 5.74) is 2.19. The first-order chi connectivity index (χ1) is 10.8. The molecule has 1 aliphatic rings. The molecule has 22 heavy (non-hydrogen) atoms. The molecule has 6 heteroatoms. The summed E-state index contributed by atoms with van der Waals surface area (Å²) in [5, 5.41) is 1.02. The van der Waals surface area contributed by atoms with Crippen LogP contribution < -0.4 is 9.47 Å². The van der Waals surface area contributed by atoms with Crippen molar-refractivity contribution in [1.29, 1.82) is 0 Å². The van der Waals surface area contributed by atoms with Gasteiger partial charge in [-0.1, -0.05) is 11.8 Å². The number of thioether (sulfide) groups is 1. The summed E-state index contributed by atoms with van der Waals surface area (Å²) in [5.74, 6) is 2.52. The van der Waals surface area contributed by atoms with Crippen LogP contribution >= 0.6 is 11.8 Å². The smallest absolute Gasteiger partial charge is 0.168 e. The van der Waals surface area contributed by atoms with E-state index >= 15 is 0 Å². The minimum absolute atomic E-state index is 0.599. The van der Waals surface area contributed by atoms with Gasteiger partial charge < -0.3 is 18.8 Å². The Hall–Kier alpha value is -1.66. The first-order valence-corrected chi connectivity index (χ1v) is 8.39. The van der Waals surface area contributed by atoms with Gasteiger partial charge in [-0.25, -0.2) is 4.98 Å². The maximum absolute atomic E-state index is 5.67. The molecule has 0 unspecified atom stereocenters. The van der Waals surface area contributed by atoms with Gasteiger partial charge in [-0.3, -0.25) is 0 Å². The number of benzene rings is 1. The zero-order valence-corrected chi connectivity index (χ0v) is 13.7. The van der Waals surface area contributed by atoms with Gasteiger partial charge in [-0.2, -0.15) is 0 Å². The van der Waals surface area contributed by atoms with Crippen molar-refractivity contribution in [2.45, 2.75) is 18.6 Å². The summed E-state index contributed by atoms with van der Waals surface area (Å²) in [4.78, 5) is 4.55. The quantitative estimate of drug-likeness (QED) is 0.604. The molecule has 0 saturated carbocycles. The predicted octanol–water partition coefficient (Wildman–Crippen LogP) is 3.08. The number of imidazole rings is 1. The maximum Gasteiger partial charge on any atom is 0.168 e.